The smallest absolute Gasteiger partial charge is 0.253 e. The Kier molecular flexibility index (Phi) is 9.27. The fourth-order valence-corrected chi connectivity index (χ4v) is 3.28. The molecule has 0 atom stereocenters. The molecule has 0 aliphatic carbocycles. The fraction of sp³-hybridized carbons (Fsp3) is 0.364. The Hall–Kier alpha value is -2.44. The molecule has 0 radical (unpaired) electrons. The molecule has 2 aromatic rings. The summed E-state index contributed by atoms with van der Waals surface area (Å²) in [6.07, 6.45) is 1.89. The van der Waals surface area contributed by atoms with E-state index >= 15 is 0 Å². The molecule has 0 bridgehead atoms. The highest BCUT2D eigenvalue weighted by molar-refractivity contribution is 6.38. The Morgan fingerprint density at radius 3 is 2.47 bits per heavy atom. The van der Waals surface area contributed by atoms with Gasteiger partial charge < -0.3 is 20.1 Å². The number of carbonyl (C=O) groups excluding carboxylic acids is 2. The summed E-state index contributed by atoms with van der Waals surface area (Å²) in [4.78, 5) is 24.8. The number of rotatable bonds is 10. The lowest BCUT2D eigenvalue weighted by Crippen LogP contribution is -2.25. The molecule has 0 aromatic heterocycles. The maximum atomic E-state index is 12.8. The van der Waals surface area contributed by atoms with E-state index in [0.29, 0.717) is 36.0 Å². The van der Waals surface area contributed by atoms with Crippen LogP contribution in [-0.2, 0) is 11.3 Å². The molecule has 0 unspecified atom stereocenters. The number of carbonyl (C=O) groups is 2. The number of benzene rings is 2. The molecule has 2 N–H and O–H groups in total. The predicted molar refractivity (Wildman–Crippen MR) is 120 cm³/mol. The molecule has 2 aromatic carbocycles. The molecule has 162 valence electrons. The third kappa shape index (κ3) is 6.54. The maximum Gasteiger partial charge on any atom is 0.253 e. The van der Waals surface area contributed by atoms with Crippen molar-refractivity contribution in [2.24, 2.45) is 0 Å². The van der Waals surface area contributed by atoms with E-state index in [0.717, 1.165) is 12.0 Å². The Morgan fingerprint density at radius 2 is 1.80 bits per heavy atom. The Labute approximate surface area is 186 Å². The molecule has 2 amide bonds. The summed E-state index contributed by atoms with van der Waals surface area (Å²) in [7, 11) is 1.57. The van der Waals surface area contributed by atoms with Crippen molar-refractivity contribution in [3.8, 4) is 11.5 Å². The van der Waals surface area contributed by atoms with Gasteiger partial charge in [-0.25, -0.2) is 0 Å². The minimum atomic E-state index is -0.406. The molecule has 0 saturated carbocycles. The van der Waals surface area contributed by atoms with Crippen molar-refractivity contribution in [1.29, 1.82) is 0 Å². The number of amides is 2. The van der Waals surface area contributed by atoms with Crippen LogP contribution in [-0.4, -0.2) is 25.5 Å². The predicted octanol–water partition coefficient (Wildman–Crippen LogP) is 5.46. The first-order valence-electron chi connectivity index (χ1n) is 9.76. The Morgan fingerprint density at radius 1 is 1.03 bits per heavy atom. The highest BCUT2D eigenvalue weighted by Crippen LogP contribution is 2.31. The molecule has 30 heavy (non-hydrogen) atoms. The maximum absolute atomic E-state index is 12.8. The molecule has 8 heteroatoms. The Balaban J connectivity index is 2.17. The molecule has 0 aliphatic heterocycles. The van der Waals surface area contributed by atoms with Gasteiger partial charge in [0, 0.05) is 18.0 Å². The average molecular weight is 453 g/mol. The highest BCUT2D eigenvalue weighted by atomic mass is 35.5. The van der Waals surface area contributed by atoms with Gasteiger partial charge in [-0.15, -0.1) is 0 Å². The molecule has 0 saturated heterocycles. The van der Waals surface area contributed by atoms with Gasteiger partial charge in [-0.2, -0.15) is 0 Å². The van der Waals surface area contributed by atoms with Gasteiger partial charge in [-0.1, -0.05) is 43.1 Å². The first kappa shape index (κ1) is 23.8. The summed E-state index contributed by atoms with van der Waals surface area (Å²) in [5, 5.41) is 6.04. The summed E-state index contributed by atoms with van der Waals surface area (Å²) >= 11 is 12.3. The van der Waals surface area contributed by atoms with Crippen molar-refractivity contribution in [3.63, 3.8) is 0 Å². The average Bonchev–Trinajstić information content (AvgIpc) is 2.72. The van der Waals surface area contributed by atoms with Crippen LogP contribution in [0.2, 0.25) is 10.0 Å². The number of nitrogens with one attached hydrogen (secondary N) is 2. The van der Waals surface area contributed by atoms with Crippen LogP contribution >= 0.6 is 23.2 Å². The summed E-state index contributed by atoms with van der Waals surface area (Å²) < 4.78 is 11.0. The largest absolute Gasteiger partial charge is 0.493 e. The van der Waals surface area contributed by atoms with Crippen LogP contribution in [0.15, 0.2) is 30.3 Å². The first-order chi connectivity index (χ1) is 14.4. The SMILES string of the molecule is CCCOc1ccc(CNC(=O)c2cc(Cl)cc(Cl)c2NC(=O)CCC)cc1OC. The zero-order valence-electron chi connectivity index (χ0n) is 17.3. The lowest BCUT2D eigenvalue weighted by molar-refractivity contribution is -0.116. The lowest BCUT2D eigenvalue weighted by atomic mass is 10.1. The third-order valence-corrected chi connectivity index (χ3v) is 4.70. The second-order valence-electron chi connectivity index (χ2n) is 6.62. The number of hydrogen-bond acceptors (Lipinski definition) is 4. The van der Waals surface area contributed by atoms with Gasteiger partial charge >= 0.3 is 0 Å². The second-order valence-corrected chi connectivity index (χ2v) is 7.47. The highest BCUT2D eigenvalue weighted by Gasteiger charge is 2.18. The third-order valence-electron chi connectivity index (χ3n) is 4.18. The second kappa shape index (κ2) is 11.7. The van der Waals surface area contributed by atoms with Gasteiger partial charge in [0.1, 0.15) is 0 Å². The minimum absolute atomic E-state index is 0.201. The van der Waals surface area contributed by atoms with Crippen molar-refractivity contribution in [2.45, 2.75) is 39.7 Å². The van der Waals surface area contributed by atoms with Crippen LogP contribution in [0, 0.1) is 0 Å². The summed E-state index contributed by atoms with van der Waals surface area (Å²) in [5.41, 5.74) is 1.28. The van der Waals surface area contributed by atoms with Crippen LogP contribution in [0.3, 0.4) is 0 Å². The van der Waals surface area contributed by atoms with Crippen LogP contribution in [0.1, 0.15) is 49.0 Å². The van der Waals surface area contributed by atoms with E-state index in [-0.39, 0.29) is 28.7 Å². The van der Waals surface area contributed by atoms with Crippen molar-refractivity contribution in [2.75, 3.05) is 19.0 Å². The fourth-order valence-electron chi connectivity index (χ4n) is 2.74. The molecular weight excluding hydrogens is 427 g/mol. The summed E-state index contributed by atoms with van der Waals surface area (Å²) in [5.74, 6) is 0.616. The lowest BCUT2D eigenvalue weighted by Gasteiger charge is -2.15. The van der Waals surface area contributed by atoms with Crippen molar-refractivity contribution < 1.29 is 19.1 Å². The topological polar surface area (TPSA) is 76.7 Å². The van der Waals surface area contributed by atoms with Gasteiger partial charge in [-0.05, 0) is 42.7 Å². The molecule has 0 heterocycles. The van der Waals surface area contributed by atoms with Crippen LogP contribution in [0.25, 0.3) is 0 Å². The molecule has 0 aliphatic rings. The normalized spacial score (nSPS) is 10.4. The zero-order chi connectivity index (χ0) is 22.1. The zero-order valence-corrected chi connectivity index (χ0v) is 18.8. The van der Waals surface area contributed by atoms with Crippen molar-refractivity contribution >= 4 is 40.7 Å². The van der Waals surface area contributed by atoms with E-state index in [9.17, 15) is 9.59 Å². The van der Waals surface area contributed by atoms with E-state index < -0.39 is 5.91 Å². The summed E-state index contributed by atoms with van der Waals surface area (Å²) in [6, 6.07) is 8.43. The van der Waals surface area contributed by atoms with Crippen molar-refractivity contribution in [1.82, 2.24) is 5.32 Å². The number of halogens is 2. The van der Waals surface area contributed by atoms with E-state index in [4.69, 9.17) is 32.7 Å². The van der Waals surface area contributed by atoms with Gasteiger partial charge in [0.15, 0.2) is 11.5 Å². The van der Waals surface area contributed by atoms with E-state index in [1.807, 2.05) is 26.0 Å². The number of ether oxygens (including phenoxy) is 2. The van der Waals surface area contributed by atoms with Gasteiger partial charge in [0.25, 0.3) is 5.91 Å². The molecule has 0 spiro atoms. The molecule has 6 nitrogen and oxygen atoms in total. The van der Waals surface area contributed by atoms with Gasteiger partial charge in [-0.3, -0.25) is 9.59 Å². The monoisotopic (exact) mass is 452 g/mol. The molecule has 0 fully saturated rings. The van der Waals surface area contributed by atoms with E-state index in [1.54, 1.807) is 13.2 Å². The molecule has 2 rings (SSSR count). The first-order valence-corrected chi connectivity index (χ1v) is 10.5. The number of hydrogen-bond donors (Lipinski definition) is 2. The van der Waals surface area contributed by atoms with Crippen molar-refractivity contribution in [3.05, 3.63) is 51.5 Å². The van der Waals surface area contributed by atoms with E-state index in [1.165, 1.54) is 12.1 Å². The number of anilines is 1. The Bertz CT molecular complexity index is 903. The van der Waals surface area contributed by atoms with Gasteiger partial charge in [0.05, 0.1) is 30.0 Å². The van der Waals surface area contributed by atoms with Crippen LogP contribution in [0.5, 0.6) is 11.5 Å². The quantitative estimate of drug-likeness (QED) is 0.501. The van der Waals surface area contributed by atoms with Crippen LogP contribution in [0.4, 0.5) is 5.69 Å². The standard InChI is InChI=1S/C22H26Cl2N2O4/c1-4-6-20(27)26-21-16(11-15(23)12-17(21)24)22(28)25-13-14-7-8-18(30-9-5-2)19(10-14)29-3/h7-8,10-12H,4-6,9,13H2,1-3H3,(H,25,28)(H,26,27). The number of methoxy groups -OCH3 is 1. The van der Waals surface area contributed by atoms with Gasteiger partial charge in [0.2, 0.25) is 5.91 Å². The van der Waals surface area contributed by atoms with E-state index in [2.05, 4.69) is 10.6 Å². The van der Waals surface area contributed by atoms with Crippen LogP contribution < -0.4 is 20.1 Å². The summed E-state index contributed by atoms with van der Waals surface area (Å²) in [6.45, 7) is 4.76. The molecular formula is C22H26Cl2N2O4. The minimum Gasteiger partial charge on any atom is -0.493 e.